The number of nitrogens with one attached hydrogen (secondary N) is 1. The lowest BCUT2D eigenvalue weighted by atomic mass is 9.92. The SMILES string of the molecule is Cc1cccc(C(=O)Nc2ccc(C(C#N)c3ccccc3)c(Cl)c2)c1I. The average molecular weight is 487 g/mol. The molecule has 134 valence electrons. The van der Waals surface area contributed by atoms with Crippen LogP contribution >= 0.6 is 34.2 Å². The molecule has 3 rings (SSSR count). The van der Waals surface area contributed by atoms with Crippen LogP contribution in [0.5, 0.6) is 0 Å². The summed E-state index contributed by atoms with van der Waals surface area (Å²) in [6.45, 7) is 1.97. The molecule has 27 heavy (non-hydrogen) atoms. The Morgan fingerprint density at radius 1 is 1.11 bits per heavy atom. The number of hydrogen-bond acceptors (Lipinski definition) is 2. The highest BCUT2D eigenvalue weighted by atomic mass is 127. The van der Waals surface area contributed by atoms with Crippen molar-refractivity contribution < 1.29 is 4.79 Å². The molecule has 5 heteroatoms. The maximum atomic E-state index is 12.6. The van der Waals surface area contributed by atoms with Crippen LogP contribution < -0.4 is 5.32 Å². The summed E-state index contributed by atoms with van der Waals surface area (Å²) in [4.78, 5) is 12.6. The number of amides is 1. The quantitative estimate of drug-likeness (QED) is 0.449. The lowest BCUT2D eigenvalue weighted by Gasteiger charge is -2.14. The summed E-state index contributed by atoms with van der Waals surface area (Å²) in [5.74, 6) is -0.645. The summed E-state index contributed by atoms with van der Waals surface area (Å²) in [7, 11) is 0. The summed E-state index contributed by atoms with van der Waals surface area (Å²) in [5, 5.41) is 12.9. The van der Waals surface area contributed by atoms with Gasteiger partial charge in [-0.2, -0.15) is 5.26 Å². The second kappa shape index (κ2) is 8.55. The van der Waals surface area contributed by atoms with Gasteiger partial charge in [0.2, 0.25) is 0 Å². The zero-order chi connectivity index (χ0) is 19.4. The normalized spacial score (nSPS) is 11.5. The van der Waals surface area contributed by atoms with Crippen molar-refractivity contribution in [3.05, 3.63) is 97.6 Å². The smallest absolute Gasteiger partial charge is 0.256 e. The molecule has 3 aromatic carbocycles. The van der Waals surface area contributed by atoms with Gasteiger partial charge in [-0.15, -0.1) is 0 Å². The van der Waals surface area contributed by atoms with Crippen LogP contribution in [0.3, 0.4) is 0 Å². The third-order valence-electron chi connectivity index (χ3n) is 4.27. The number of nitrogens with zero attached hydrogens (tertiary/aromatic N) is 1. The summed E-state index contributed by atoms with van der Waals surface area (Å²) < 4.78 is 0.920. The maximum absolute atomic E-state index is 12.6. The minimum Gasteiger partial charge on any atom is -0.322 e. The molecule has 0 spiro atoms. The summed E-state index contributed by atoms with van der Waals surface area (Å²) in [5.41, 5.74) is 3.86. The minimum atomic E-state index is -0.457. The van der Waals surface area contributed by atoms with Crippen LogP contribution in [0.1, 0.15) is 33.0 Å². The lowest BCUT2D eigenvalue weighted by Crippen LogP contribution is -2.14. The van der Waals surface area contributed by atoms with Crippen molar-refractivity contribution in [3.8, 4) is 6.07 Å². The van der Waals surface area contributed by atoms with Crippen LogP contribution in [0.4, 0.5) is 5.69 Å². The molecule has 0 heterocycles. The minimum absolute atomic E-state index is 0.188. The molecule has 0 bridgehead atoms. The first-order valence-electron chi connectivity index (χ1n) is 8.31. The van der Waals surface area contributed by atoms with Gasteiger partial charge in [0.15, 0.2) is 0 Å². The van der Waals surface area contributed by atoms with Crippen LogP contribution in [-0.2, 0) is 0 Å². The third-order valence-corrected chi connectivity index (χ3v) is 6.03. The molecule has 0 saturated carbocycles. The van der Waals surface area contributed by atoms with E-state index in [1.54, 1.807) is 24.3 Å². The first-order valence-corrected chi connectivity index (χ1v) is 9.77. The molecule has 1 amide bonds. The molecule has 3 aromatic rings. The van der Waals surface area contributed by atoms with Gasteiger partial charge in [0.1, 0.15) is 0 Å². The molecule has 0 aromatic heterocycles. The average Bonchev–Trinajstić information content (AvgIpc) is 2.67. The molecule has 0 fully saturated rings. The Morgan fingerprint density at radius 3 is 2.52 bits per heavy atom. The zero-order valence-corrected chi connectivity index (χ0v) is 17.5. The Kier molecular flexibility index (Phi) is 6.15. The number of benzene rings is 3. The van der Waals surface area contributed by atoms with Gasteiger partial charge in [-0.25, -0.2) is 0 Å². The maximum Gasteiger partial charge on any atom is 0.256 e. The number of anilines is 1. The fourth-order valence-electron chi connectivity index (χ4n) is 2.83. The van der Waals surface area contributed by atoms with Gasteiger partial charge in [0.25, 0.3) is 5.91 Å². The molecule has 0 aliphatic heterocycles. The van der Waals surface area contributed by atoms with E-state index in [9.17, 15) is 10.1 Å². The summed E-state index contributed by atoms with van der Waals surface area (Å²) >= 11 is 8.61. The van der Waals surface area contributed by atoms with E-state index in [1.165, 1.54) is 0 Å². The van der Waals surface area contributed by atoms with Crippen molar-refractivity contribution in [1.82, 2.24) is 0 Å². The van der Waals surface area contributed by atoms with E-state index in [4.69, 9.17) is 11.6 Å². The standard InChI is InChI=1S/C22H16ClIN2O/c1-14-6-5-9-18(21(14)24)22(27)26-16-10-11-17(20(23)12-16)19(13-25)15-7-3-2-4-8-15/h2-12,19H,1H3,(H,26,27). The Bertz CT molecular complexity index is 1030. The van der Waals surface area contributed by atoms with Crippen molar-refractivity contribution in [3.63, 3.8) is 0 Å². The Labute approximate surface area is 177 Å². The Morgan fingerprint density at radius 2 is 1.85 bits per heavy atom. The van der Waals surface area contributed by atoms with Gasteiger partial charge in [-0.1, -0.05) is 60.1 Å². The van der Waals surface area contributed by atoms with E-state index in [1.807, 2.05) is 49.4 Å². The second-order valence-corrected chi connectivity index (χ2v) is 7.59. The fourth-order valence-corrected chi connectivity index (χ4v) is 3.72. The highest BCUT2D eigenvalue weighted by molar-refractivity contribution is 14.1. The number of rotatable bonds is 4. The van der Waals surface area contributed by atoms with E-state index in [2.05, 4.69) is 34.0 Å². The van der Waals surface area contributed by atoms with Gasteiger partial charge in [-0.3, -0.25) is 4.79 Å². The van der Waals surface area contributed by atoms with E-state index in [0.717, 1.165) is 14.7 Å². The van der Waals surface area contributed by atoms with E-state index in [-0.39, 0.29) is 5.91 Å². The monoisotopic (exact) mass is 486 g/mol. The molecule has 1 unspecified atom stereocenters. The Balaban J connectivity index is 1.86. The lowest BCUT2D eigenvalue weighted by molar-refractivity contribution is 0.102. The van der Waals surface area contributed by atoms with Crippen LogP contribution in [0, 0.1) is 21.8 Å². The van der Waals surface area contributed by atoms with Gasteiger partial charge < -0.3 is 5.32 Å². The van der Waals surface area contributed by atoms with Crippen LogP contribution in [0.15, 0.2) is 66.7 Å². The van der Waals surface area contributed by atoms with Crippen LogP contribution in [0.25, 0.3) is 0 Å². The van der Waals surface area contributed by atoms with E-state index < -0.39 is 5.92 Å². The van der Waals surface area contributed by atoms with E-state index in [0.29, 0.717) is 21.8 Å². The summed E-state index contributed by atoms with van der Waals surface area (Å²) in [6, 6.07) is 22.7. The van der Waals surface area contributed by atoms with Crippen molar-refractivity contribution in [2.24, 2.45) is 0 Å². The van der Waals surface area contributed by atoms with Crippen molar-refractivity contribution in [1.29, 1.82) is 5.26 Å². The number of carbonyl (C=O) groups excluding carboxylic acids is 1. The topological polar surface area (TPSA) is 52.9 Å². The van der Waals surface area contributed by atoms with E-state index >= 15 is 0 Å². The number of aryl methyl sites for hydroxylation is 1. The third kappa shape index (κ3) is 4.32. The first kappa shape index (κ1) is 19.4. The fraction of sp³-hybridized carbons (Fsp3) is 0.0909. The molecule has 0 saturated heterocycles. The largest absolute Gasteiger partial charge is 0.322 e. The summed E-state index contributed by atoms with van der Waals surface area (Å²) in [6.07, 6.45) is 0. The predicted octanol–water partition coefficient (Wildman–Crippen LogP) is 6.16. The first-order chi connectivity index (χ1) is 13.0. The van der Waals surface area contributed by atoms with Gasteiger partial charge in [-0.05, 0) is 64.4 Å². The molecule has 0 radical (unpaired) electrons. The Hall–Kier alpha value is -2.36. The number of carbonyl (C=O) groups is 1. The highest BCUT2D eigenvalue weighted by Gasteiger charge is 2.18. The van der Waals surface area contributed by atoms with Crippen LogP contribution in [0.2, 0.25) is 5.02 Å². The molecule has 1 N–H and O–H groups in total. The molecular weight excluding hydrogens is 471 g/mol. The molecular formula is C22H16ClIN2O. The second-order valence-electron chi connectivity index (χ2n) is 6.10. The van der Waals surface area contributed by atoms with Crippen LogP contribution in [-0.4, -0.2) is 5.91 Å². The predicted molar refractivity (Wildman–Crippen MR) is 117 cm³/mol. The zero-order valence-electron chi connectivity index (χ0n) is 14.5. The number of halogens is 2. The number of nitriles is 1. The van der Waals surface area contributed by atoms with Gasteiger partial charge in [0, 0.05) is 14.3 Å². The highest BCUT2D eigenvalue weighted by Crippen LogP contribution is 2.32. The van der Waals surface area contributed by atoms with Crippen molar-refractivity contribution >= 4 is 45.8 Å². The molecule has 1 atom stereocenters. The van der Waals surface area contributed by atoms with Crippen molar-refractivity contribution in [2.45, 2.75) is 12.8 Å². The van der Waals surface area contributed by atoms with Gasteiger partial charge in [0.05, 0.1) is 17.6 Å². The van der Waals surface area contributed by atoms with Gasteiger partial charge >= 0.3 is 0 Å². The molecule has 0 aliphatic carbocycles. The van der Waals surface area contributed by atoms with Crippen molar-refractivity contribution in [2.75, 3.05) is 5.32 Å². The molecule has 0 aliphatic rings. The molecule has 3 nitrogen and oxygen atoms in total. The number of hydrogen-bond donors (Lipinski definition) is 1.